The van der Waals surface area contributed by atoms with Crippen LogP contribution in [-0.4, -0.2) is 45.6 Å². The second kappa shape index (κ2) is 8.39. The van der Waals surface area contributed by atoms with Gasteiger partial charge < -0.3 is 17.7 Å². The molecule has 0 rings (SSSR count). The molecule has 0 saturated heterocycles. The van der Waals surface area contributed by atoms with Gasteiger partial charge >= 0.3 is 17.1 Å². The van der Waals surface area contributed by atoms with Gasteiger partial charge in [-0.15, -0.1) is 0 Å². The maximum absolute atomic E-state index is 5.87. The van der Waals surface area contributed by atoms with E-state index < -0.39 is 17.1 Å². The van der Waals surface area contributed by atoms with Crippen molar-refractivity contribution >= 4 is 17.1 Å². The summed E-state index contributed by atoms with van der Waals surface area (Å²) in [6.07, 6.45) is 2.17. The zero-order valence-electron chi connectivity index (χ0n) is 16.5. The fourth-order valence-corrected chi connectivity index (χ4v) is 9.80. The quantitative estimate of drug-likeness (QED) is 0.440. The Morgan fingerprint density at radius 3 is 0.909 bits per heavy atom. The van der Waals surface area contributed by atoms with E-state index in [1.165, 1.54) is 0 Å². The van der Waals surface area contributed by atoms with Crippen LogP contribution in [0.1, 0.15) is 54.4 Å². The lowest BCUT2D eigenvalue weighted by atomic mass is 10.2. The summed E-state index contributed by atoms with van der Waals surface area (Å²) in [6, 6.07) is 2.01. The highest BCUT2D eigenvalue weighted by atomic mass is 28.4. The van der Waals surface area contributed by atoms with Crippen LogP contribution in [0.5, 0.6) is 0 Å². The fraction of sp³-hybridized carbons (Fsp3) is 1.00. The van der Waals surface area contributed by atoms with Crippen molar-refractivity contribution < 1.29 is 17.7 Å². The fourth-order valence-electron chi connectivity index (χ4n) is 3.27. The SMILES string of the molecule is CO[Si](CCCC[Si](OC)(OC)C(C)(C)C)(OC)C(C)(C)C. The summed E-state index contributed by atoms with van der Waals surface area (Å²) in [6.45, 7) is 13.3. The van der Waals surface area contributed by atoms with E-state index in [1.807, 2.05) is 0 Å². The molecule has 0 unspecified atom stereocenters. The smallest absolute Gasteiger partial charge is 0.343 e. The van der Waals surface area contributed by atoms with Crippen LogP contribution in [0.2, 0.25) is 22.2 Å². The summed E-state index contributed by atoms with van der Waals surface area (Å²) in [5.74, 6) is 0. The van der Waals surface area contributed by atoms with Crippen LogP contribution in [0.25, 0.3) is 0 Å². The van der Waals surface area contributed by atoms with Gasteiger partial charge in [-0.1, -0.05) is 54.4 Å². The van der Waals surface area contributed by atoms with Crippen molar-refractivity contribution in [3.8, 4) is 0 Å². The summed E-state index contributed by atoms with van der Waals surface area (Å²) < 4.78 is 23.5. The average Bonchev–Trinajstić information content (AvgIpc) is 2.41. The van der Waals surface area contributed by atoms with Gasteiger partial charge in [0, 0.05) is 38.5 Å². The minimum atomic E-state index is -2.17. The van der Waals surface area contributed by atoms with Gasteiger partial charge in [0.05, 0.1) is 0 Å². The van der Waals surface area contributed by atoms with Crippen LogP contribution in [0, 0.1) is 0 Å². The molecule has 0 heterocycles. The molecule has 0 saturated carbocycles. The average molecular weight is 351 g/mol. The van der Waals surface area contributed by atoms with Crippen molar-refractivity contribution in [2.75, 3.05) is 28.4 Å². The predicted octanol–water partition coefficient (Wildman–Crippen LogP) is 4.84. The first-order valence-electron chi connectivity index (χ1n) is 8.16. The molecular weight excluding hydrogens is 312 g/mol. The topological polar surface area (TPSA) is 36.9 Å². The Balaban J connectivity index is 4.76. The zero-order valence-corrected chi connectivity index (χ0v) is 18.5. The van der Waals surface area contributed by atoms with E-state index in [1.54, 1.807) is 28.4 Å². The third kappa shape index (κ3) is 4.88. The Kier molecular flexibility index (Phi) is 8.50. The highest BCUT2D eigenvalue weighted by molar-refractivity contribution is 6.71. The van der Waals surface area contributed by atoms with Crippen LogP contribution in [0.15, 0.2) is 0 Å². The van der Waals surface area contributed by atoms with E-state index in [4.69, 9.17) is 17.7 Å². The molecule has 0 aliphatic heterocycles. The summed E-state index contributed by atoms with van der Waals surface area (Å²) in [5.41, 5.74) is 0. The summed E-state index contributed by atoms with van der Waals surface area (Å²) in [7, 11) is 2.82. The van der Waals surface area contributed by atoms with Gasteiger partial charge in [-0.25, -0.2) is 0 Å². The summed E-state index contributed by atoms with van der Waals surface area (Å²) in [5, 5.41) is 0.134. The van der Waals surface area contributed by atoms with Crippen molar-refractivity contribution in [1.29, 1.82) is 0 Å². The van der Waals surface area contributed by atoms with E-state index in [0.717, 1.165) is 24.9 Å². The normalized spacial score (nSPS) is 14.5. The molecule has 6 heteroatoms. The van der Waals surface area contributed by atoms with E-state index in [2.05, 4.69) is 41.5 Å². The second-order valence-corrected chi connectivity index (χ2v) is 16.7. The Bertz CT molecular complexity index is 281. The Morgan fingerprint density at radius 2 is 0.773 bits per heavy atom. The molecule has 134 valence electrons. The first-order chi connectivity index (χ1) is 9.95. The zero-order chi connectivity index (χ0) is 17.7. The van der Waals surface area contributed by atoms with Crippen molar-refractivity contribution in [1.82, 2.24) is 0 Å². The minimum Gasteiger partial charge on any atom is -0.397 e. The lowest BCUT2D eigenvalue weighted by molar-refractivity contribution is 0.207. The van der Waals surface area contributed by atoms with Gasteiger partial charge in [0.1, 0.15) is 0 Å². The highest BCUT2D eigenvalue weighted by Crippen LogP contribution is 2.43. The van der Waals surface area contributed by atoms with E-state index in [0.29, 0.717) is 0 Å². The first kappa shape index (κ1) is 22.3. The molecule has 0 aromatic carbocycles. The summed E-state index contributed by atoms with van der Waals surface area (Å²) >= 11 is 0. The van der Waals surface area contributed by atoms with E-state index >= 15 is 0 Å². The van der Waals surface area contributed by atoms with Gasteiger partial charge in [-0.3, -0.25) is 0 Å². The minimum absolute atomic E-state index is 0.0670. The van der Waals surface area contributed by atoms with Crippen LogP contribution >= 0.6 is 0 Å². The van der Waals surface area contributed by atoms with Crippen molar-refractivity contribution in [3.05, 3.63) is 0 Å². The predicted molar refractivity (Wildman–Crippen MR) is 97.8 cm³/mol. The molecular formula is C16H38O4Si2. The molecule has 0 spiro atoms. The Morgan fingerprint density at radius 1 is 0.545 bits per heavy atom. The number of hydrogen-bond acceptors (Lipinski definition) is 4. The van der Waals surface area contributed by atoms with Gasteiger partial charge in [-0.2, -0.15) is 0 Å². The Hall–Kier alpha value is 0.274. The third-order valence-electron chi connectivity index (χ3n) is 4.87. The molecule has 0 aliphatic rings. The second-order valence-electron chi connectivity index (χ2n) is 8.03. The molecule has 0 fully saturated rings. The molecule has 0 N–H and O–H groups in total. The Labute approximate surface area is 140 Å². The van der Waals surface area contributed by atoms with Crippen molar-refractivity contribution in [3.63, 3.8) is 0 Å². The molecule has 4 nitrogen and oxygen atoms in total. The third-order valence-corrected chi connectivity index (χ3v) is 14.1. The molecule has 0 bridgehead atoms. The molecule has 0 aromatic heterocycles. The van der Waals surface area contributed by atoms with Gasteiger partial charge in [0.15, 0.2) is 0 Å². The van der Waals surface area contributed by atoms with Crippen LogP contribution in [-0.2, 0) is 17.7 Å². The van der Waals surface area contributed by atoms with Crippen LogP contribution in [0.4, 0.5) is 0 Å². The van der Waals surface area contributed by atoms with Gasteiger partial charge in [-0.05, 0) is 12.1 Å². The van der Waals surface area contributed by atoms with Crippen LogP contribution < -0.4 is 0 Å². The molecule has 0 aromatic rings. The lowest BCUT2D eigenvalue weighted by Crippen LogP contribution is -2.49. The van der Waals surface area contributed by atoms with Gasteiger partial charge in [0.25, 0.3) is 0 Å². The molecule has 0 radical (unpaired) electrons. The lowest BCUT2D eigenvalue weighted by Gasteiger charge is -2.40. The maximum atomic E-state index is 5.87. The number of rotatable bonds is 9. The van der Waals surface area contributed by atoms with Gasteiger partial charge in [0.2, 0.25) is 0 Å². The first-order valence-corrected chi connectivity index (χ1v) is 12.2. The van der Waals surface area contributed by atoms with Crippen molar-refractivity contribution in [2.24, 2.45) is 0 Å². The monoisotopic (exact) mass is 350 g/mol. The summed E-state index contributed by atoms with van der Waals surface area (Å²) in [4.78, 5) is 0. The largest absolute Gasteiger partial charge is 0.397 e. The molecule has 0 amide bonds. The molecule has 0 atom stereocenters. The van der Waals surface area contributed by atoms with Crippen LogP contribution in [0.3, 0.4) is 0 Å². The molecule has 22 heavy (non-hydrogen) atoms. The number of hydrogen-bond donors (Lipinski definition) is 0. The van der Waals surface area contributed by atoms with E-state index in [9.17, 15) is 0 Å². The highest BCUT2D eigenvalue weighted by Gasteiger charge is 2.49. The number of unbranched alkanes of at least 4 members (excludes halogenated alkanes) is 1. The van der Waals surface area contributed by atoms with E-state index in [-0.39, 0.29) is 10.1 Å². The molecule has 0 aliphatic carbocycles. The standard InChI is InChI=1S/C16H38O4Si2/c1-15(2,3)21(17-7,18-8)13-11-12-14-22(19-9,20-10)16(4,5)6/h11-14H2,1-10H3. The maximum Gasteiger partial charge on any atom is 0.343 e. The van der Waals surface area contributed by atoms with Crippen molar-refractivity contribution in [2.45, 2.75) is 76.5 Å².